The van der Waals surface area contributed by atoms with E-state index in [4.69, 9.17) is 4.52 Å². The molecule has 34 heavy (non-hydrogen) atoms. The van der Waals surface area contributed by atoms with Crippen LogP contribution in [0, 0.1) is 0 Å². The average molecular weight is 493 g/mol. The molecule has 3 heterocycles. The molecule has 1 aliphatic carbocycles. The highest BCUT2D eigenvalue weighted by molar-refractivity contribution is 7.89. The van der Waals surface area contributed by atoms with Gasteiger partial charge in [0, 0.05) is 30.7 Å². The van der Waals surface area contributed by atoms with Crippen molar-refractivity contribution in [3.05, 3.63) is 30.0 Å². The van der Waals surface area contributed by atoms with Gasteiger partial charge in [-0.25, -0.2) is 21.9 Å². The molecule has 1 aromatic carbocycles. The number of sulfonamides is 1. The van der Waals surface area contributed by atoms with Gasteiger partial charge >= 0.3 is 0 Å². The Bertz CT molecular complexity index is 1310. The fraction of sp³-hybridized carbons (Fsp3) is 0.500. The van der Waals surface area contributed by atoms with Crippen LogP contribution in [0.1, 0.15) is 45.7 Å². The largest absolute Gasteiger partial charge is 0.367 e. The van der Waals surface area contributed by atoms with Crippen LogP contribution in [0.25, 0.3) is 22.4 Å². The molecule has 0 unspecified atom stereocenters. The van der Waals surface area contributed by atoms with E-state index in [0.717, 1.165) is 18.9 Å². The number of rotatable bonds is 6. The Morgan fingerprint density at radius 2 is 1.88 bits per heavy atom. The maximum Gasteiger partial charge on any atom is 0.282 e. The maximum atomic E-state index is 13.3. The van der Waals surface area contributed by atoms with E-state index in [1.165, 1.54) is 12.1 Å². The van der Waals surface area contributed by atoms with Crippen LogP contribution in [0.5, 0.6) is 0 Å². The van der Waals surface area contributed by atoms with Crippen LogP contribution < -0.4 is 14.9 Å². The standard InChI is InChI=1S/C22H26F2N6O3S/c1-12-10-30(11-13(2)25-12)18-9-14(34(31,32)29-22(3)6-7-22)8-15-19(18)28-33-20(15)16-4-5-17(21(23)24)27-26-16/h4-5,8-9,12-13,21,25,29H,6-7,10-11H2,1-3H3/t12-,13-/m0/s1. The Morgan fingerprint density at radius 3 is 2.47 bits per heavy atom. The average Bonchev–Trinajstić information content (AvgIpc) is 3.32. The van der Waals surface area contributed by atoms with Gasteiger partial charge in [-0.1, -0.05) is 5.16 Å². The smallest absolute Gasteiger partial charge is 0.282 e. The summed E-state index contributed by atoms with van der Waals surface area (Å²) in [4.78, 5) is 2.17. The van der Waals surface area contributed by atoms with E-state index in [1.807, 2.05) is 6.92 Å². The summed E-state index contributed by atoms with van der Waals surface area (Å²) in [6.45, 7) is 7.29. The highest BCUT2D eigenvalue weighted by Crippen LogP contribution is 2.39. The van der Waals surface area contributed by atoms with Crippen LogP contribution in [0.3, 0.4) is 0 Å². The zero-order valence-electron chi connectivity index (χ0n) is 19.0. The fourth-order valence-electron chi connectivity index (χ4n) is 4.36. The van der Waals surface area contributed by atoms with Gasteiger partial charge in [0.15, 0.2) is 5.76 Å². The van der Waals surface area contributed by atoms with Crippen molar-refractivity contribution < 1.29 is 21.7 Å². The Labute approximate surface area is 195 Å². The molecule has 1 aliphatic heterocycles. The maximum absolute atomic E-state index is 13.3. The third-order valence-corrected chi connectivity index (χ3v) is 7.88. The predicted octanol–water partition coefficient (Wildman–Crippen LogP) is 3.24. The van der Waals surface area contributed by atoms with E-state index >= 15 is 0 Å². The quantitative estimate of drug-likeness (QED) is 0.539. The number of aromatic nitrogens is 3. The van der Waals surface area contributed by atoms with Gasteiger partial charge in [0.25, 0.3) is 6.43 Å². The summed E-state index contributed by atoms with van der Waals surface area (Å²) < 4.78 is 60.8. The molecule has 5 rings (SSSR count). The molecule has 0 radical (unpaired) electrons. The van der Waals surface area contributed by atoms with Crippen molar-refractivity contribution >= 4 is 26.6 Å². The summed E-state index contributed by atoms with van der Waals surface area (Å²) in [5, 5.41) is 15.5. The Morgan fingerprint density at radius 1 is 1.18 bits per heavy atom. The first kappa shape index (κ1) is 23.1. The van der Waals surface area contributed by atoms with Crippen LogP contribution in [0.4, 0.5) is 14.5 Å². The van der Waals surface area contributed by atoms with Crippen molar-refractivity contribution in [2.24, 2.45) is 0 Å². The molecule has 0 bridgehead atoms. The zero-order valence-corrected chi connectivity index (χ0v) is 19.9. The van der Waals surface area contributed by atoms with Gasteiger partial charge in [0.05, 0.1) is 16.0 Å². The molecule has 2 aliphatic rings. The lowest BCUT2D eigenvalue weighted by Gasteiger charge is -2.37. The van der Waals surface area contributed by atoms with Crippen molar-refractivity contribution in [1.82, 2.24) is 25.4 Å². The fourth-order valence-corrected chi connectivity index (χ4v) is 5.87. The first-order chi connectivity index (χ1) is 16.0. The van der Waals surface area contributed by atoms with Crippen molar-refractivity contribution in [1.29, 1.82) is 0 Å². The number of benzene rings is 1. The van der Waals surface area contributed by atoms with E-state index in [9.17, 15) is 17.2 Å². The lowest BCUT2D eigenvalue weighted by molar-refractivity contribution is 0.145. The number of piperazine rings is 1. The van der Waals surface area contributed by atoms with Gasteiger partial charge in [-0.15, -0.1) is 10.2 Å². The topological polar surface area (TPSA) is 113 Å². The first-order valence-electron chi connectivity index (χ1n) is 11.2. The van der Waals surface area contributed by atoms with E-state index in [0.29, 0.717) is 29.7 Å². The summed E-state index contributed by atoms with van der Waals surface area (Å²) >= 11 is 0. The van der Waals surface area contributed by atoms with E-state index in [-0.39, 0.29) is 28.4 Å². The third-order valence-electron chi connectivity index (χ3n) is 6.27. The molecule has 2 fully saturated rings. The number of fused-ring (bicyclic) bond motifs is 1. The minimum atomic E-state index is -3.83. The number of nitrogens with zero attached hydrogens (tertiary/aromatic N) is 4. The molecule has 3 aromatic rings. The van der Waals surface area contributed by atoms with Crippen LogP contribution in [0.2, 0.25) is 0 Å². The monoisotopic (exact) mass is 492 g/mol. The lowest BCUT2D eigenvalue weighted by Crippen LogP contribution is -2.54. The predicted molar refractivity (Wildman–Crippen MR) is 122 cm³/mol. The molecule has 12 heteroatoms. The summed E-state index contributed by atoms with van der Waals surface area (Å²) in [5.74, 6) is 0.176. The van der Waals surface area contributed by atoms with Crippen molar-refractivity contribution in [3.63, 3.8) is 0 Å². The van der Waals surface area contributed by atoms with Crippen LogP contribution in [0.15, 0.2) is 33.7 Å². The second kappa shape index (κ2) is 8.21. The summed E-state index contributed by atoms with van der Waals surface area (Å²) in [6.07, 6.45) is -1.19. The van der Waals surface area contributed by atoms with Crippen molar-refractivity contribution in [2.45, 2.75) is 62.6 Å². The zero-order chi connectivity index (χ0) is 24.3. The Hall–Kier alpha value is -2.70. The molecular formula is C22H26F2N6O3S. The lowest BCUT2D eigenvalue weighted by atomic mass is 10.1. The molecule has 1 saturated carbocycles. The van der Waals surface area contributed by atoms with Gasteiger partial charge in [0.1, 0.15) is 16.9 Å². The summed E-state index contributed by atoms with van der Waals surface area (Å²) in [6, 6.07) is 6.02. The van der Waals surface area contributed by atoms with Gasteiger partial charge in [-0.05, 0) is 57.9 Å². The van der Waals surface area contributed by atoms with E-state index in [1.54, 1.807) is 6.07 Å². The summed E-state index contributed by atoms with van der Waals surface area (Å²) in [5.41, 5.74) is 0.401. The van der Waals surface area contributed by atoms with Crippen LogP contribution in [-0.2, 0) is 10.0 Å². The molecule has 0 spiro atoms. The number of anilines is 1. The molecule has 182 valence electrons. The van der Waals surface area contributed by atoms with Gasteiger partial charge in [-0.3, -0.25) is 0 Å². The third kappa shape index (κ3) is 4.37. The van der Waals surface area contributed by atoms with Crippen molar-refractivity contribution in [3.8, 4) is 11.5 Å². The van der Waals surface area contributed by atoms with Gasteiger partial charge in [-0.2, -0.15) is 0 Å². The molecule has 9 nitrogen and oxygen atoms in total. The van der Waals surface area contributed by atoms with Gasteiger partial charge < -0.3 is 14.7 Å². The van der Waals surface area contributed by atoms with Gasteiger partial charge in [0.2, 0.25) is 10.0 Å². The first-order valence-corrected chi connectivity index (χ1v) is 12.6. The highest BCUT2D eigenvalue weighted by atomic mass is 32.2. The molecule has 1 saturated heterocycles. The number of hydrogen-bond donors (Lipinski definition) is 2. The highest BCUT2D eigenvalue weighted by Gasteiger charge is 2.41. The molecule has 2 aromatic heterocycles. The van der Waals surface area contributed by atoms with E-state index in [2.05, 4.69) is 44.1 Å². The number of nitrogens with one attached hydrogen (secondary N) is 2. The second-order valence-corrected chi connectivity index (χ2v) is 11.2. The minimum Gasteiger partial charge on any atom is -0.367 e. The summed E-state index contributed by atoms with van der Waals surface area (Å²) in [7, 11) is -3.83. The van der Waals surface area contributed by atoms with Crippen molar-refractivity contribution in [2.75, 3.05) is 18.0 Å². The Kier molecular flexibility index (Phi) is 5.57. The molecular weight excluding hydrogens is 466 g/mol. The van der Waals surface area contributed by atoms with Crippen LogP contribution >= 0.6 is 0 Å². The molecule has 2 atom stereocenters. The number of alkyl halides is 2. The second-order valence-electron chi connectivity index (χ2n) is 9.53. The number of halogens is 2. The molecule has 0 amide bonds. The van der Waals surface area contributed by atoms with Crippen LogP contribution in [-0.4, -0.2) is 54.5 Å². The minimum absolute atomic E-state index is 0.0866. The molecule has 2 N–H and O–H groups in total. The Balaban J connectivity index is 1.65. The normalized spacial score (nSPS) is 22.5. The number of hydrogen-bond acceptors (Lipinski definition) is 8. The SMILES string of the molecule is C[C@H]1CN(c2cc(S(=O)(=O)NC3(C)CC3)cc3c(-c4ccc(C(F)F)nn4)onc23)C[C@H](C)N1. The van der Waals surface area contributed by atoms with E-state index < -0.39 is 27.7 Å².